The van der Waals surface area contributed by atoms with E-state index in [-0.39, 0.29) is 22.3 Å². The SMILES string of the molecule is CC(C)(C)c1ccc(S(=O)(=O)NC2CCN(C(=O)c3cccc(Cl)c3)CC2)cc1. The molecule has 1 saturated heterocycles. The Morgan fingerprint density at radius 2 is 1.69 bits per heavy atom. The fourth-order valence-electron chi connectivity index (χ4n) is 3.43. The Morgan fingerprint density at radius 1 is 1.07 bits per heavy atom. The lowest BCUT2D eigenvalue weighted by Crippen LogP contribution is -2.46. The van der Waals surface area contributed by atoms with E-state index >= 15 is 0 Å². The van der Waals surface area contributed by atoms with Crippen LogP contribution in [-0.2, 0) is 15.4 Å². The summed E-state index contributed by atoms with van der Waals surface area (Å²) in [5, 5.41) is 0.524. The van der Waals surface area contributed by atoms with Crippen LogP contribution in [0.4, 0.5) is 0 Å². The standard InChI is InChI=1S/C22H27ClN2O3S/c1-22(2,3)17-7-9-20(10-8-17)29(27,28)24-19-11-13-25(14-12-19)21(26)16-5-4-6-18(23)15-16/h4-10,15,19,24H,11-14H2,1-3H3. The smallest absolute Gasteiger partial charge is 0.253 e. The van der Waals surface area contributed by atoms with Crippen LogP contribution in [0, 0.1) is 0 Å². The third-order valence-corrected chi connectivity index (χ3v) is 6.98. The second-order valence-corrected chi connectivity index (χ2v) is 10.6. The van der Waals surface area contributed by atoms with Crippen LogP contribution in [-0.4, -0.2) is 38.4 Å². The molecule has 0 radical (unpaired) electrons. The van der Waals surface area contributed by atoms with E-state index < -0.39 is 10.0 Å². The predicted octanol–water partition coefficient (Wildman–Crippen LogP) is 4.22. The Bertz CT molecular complexity index is 974. The second kappa shape index (κ2) is 8.46. The lowest BCUT2D eigenvalue weighted by atomic mass is 9.87. The molecule has 2 aromatic carbocycles. The first kappa shape index (κ1) is 21.8. The van der Waals surface area contributed by atoms with Crippen LogP contribution >= 0.6 is 11.6 Å². The number of hydrogen-bond donors (Lipinski definition) is 1. The van der Waals surface area contributed by atoms with Gasteiger partial charge in [0.15, 0.2) is 0 Å². The fraction of sp³-hybridized carbons (Fsp3) is 0.409. The van der Waals surface area contributed by atoms with Gasteiger partial charge in [0, 0.05) is 29.7 Å². The van der Waals surface area contributed by atoms with Crippen molar-refractivity contribution in [3.05, 3.63) is 64.7 Å². The third kappa shape index (κ3) is 5.38. The molecule has 1 amide bonds. The van der Waals surface area contributed by atoms with Gasteiger partial charge >= 0.3 is 0 Å². The molecule has 1 aliphatic rings. The molecule has 0 spiro atoms. The van der Waals surface area contributed by atoms with Gasteiger partial charge in [0.1, 0.15) is 0 Å². The van der Waals surface area contributed by atoms with Crippen LogP contribution in [0.5, 0.6) is 0 Å². The zero-order chi connectivity index (χ0) is 21.2. The largest absolute Gasteiger partial charge is 0.339 e. The zero-order valence-electron chi connectivity index (χ0n) is 17.0. The highest BCUT2D eigenvalue weighted by Gasteiger charge is 2.27. The van der Waals surface area contributed by atoms with Crippen molar-refractivity contribution in [3.63, 3.8) is 0 Å². The molecule has 156 valence electrons. The first-order chi connectivity index (χ1) is 13.6. The molecule has 0 bridgehead atoms. The lowest BCUT2D eigenvalue weighted by Gasteiger charge is -2.32. The average molecular weight is 435 g/mol. The molecule has 0 unspecified atom stereocenters. The van der Waals surface area contributed by atoms with Gasteiger partial charge in [0.25, 0.3) is 5.91 Å². The Morgan fingerprint density at radius 3 is 2.24 bits per heavy atom. The number of benzene rings is 2. The highest BCUT2D eigenvalue weighted by atomic mass is 35.5. The maximum atomic E-state index is 12.7. The highest BCUT2D eigenvalue weighted by Crippen LogP contribution is 2.24. The van der Waals surface area contributed by atoms with Crippen LogP contribution in [0.1, 0.15) is 49.5 Å². The first-order valence-electron chi connectivity index (χ1n) is 9.74. The van der Waals surface area contributed by atoms with Crippen LogP contribution in [0.15, 0.2) is 53.4 Å². The minimum absolute atomic E-state index is 0.0297. The van der Waals surface area contributed by atoms with Gasteiger partial charge in [-0.1, -0.05) is 50.6 Å². The second-order valence-electron chi connectivity index (χ2n) is 8.47. The van der Waals surface area contributed by atoms with E-state index in [1.807, 2.05) is 12.1 Å². The molecule has 1 aliphatic heterocycles. The molecular formula is C22H27ClN2O3S. The van der Waals surface area contributed by atoms with Crippen LogP contribution in [0.25, 0.3) is 0 Å². The topological polar surface area (TPSA) is 66.5 Å². The molecule has 1 fully saturated rings. The van der Waals surface area contributed by atoms with E-state index in [4.69, 9.17) is 11.6 Å². The summed E-state index contributed by atoms with van der Waals surface area (Å²) in [4.78, 5) is 14.6. The summed E-state index contributed by atoms with van der Waals surface area (Å²) in [5.74, 6) is -0.0772. The molecule has 29 heavy (non-hydrogen) atoms. The van der Waals surface area contributed by atoms with Crippen LogP contribution in [0.3, 0.4) is 0 Å². The van der Waals surface area contributed by atoms with E-state index in [0.29, 0.717) is 36.5 Å². The van der Waals surface area contributed by atoms with Crippen molar-refractivity contribution in [1.82, 2.24) is 9.62 Å². The summed E-state index contributed by atoms with van der Waals surface area (Å²) >= 11 is 5.97. The Hall–Kier alpha value is -1.89. The fourth-order valence-corrected chi connectivity index (χ4v) is 4.92. The number of nitrogens with one attached hydrogen (secondary N) is 1. The number of nitrogens with zero attached hydrogens (tertiary/aromatic N) is 1. The normalized spacial score (nSPS) is 16.1. The van der Waals surface area contributed by atoms with Crippen LogP contribution in [0.2, 0.25) is 5.02 Å². The summed E-state index contributed by atoms with van der Waals surface area (Å²) in [7, 11) is -3.59. The minimum Gasteiger partial charge on any atom is -0.339 e. The monoisotopic (exact) mass is 434 g/mol. The molecule has 7 heteroatoms. The van der Waals surface area contributed by atoms with Gasteiger partial charge in [0.2, 0.25) is 10.0 Å². The highest BCUT2D eigenvalue weighted by molar-refractivity contribution is 7.89. The van der Waals surface area contributed by atoms with Crippen molar-refractivity contribution >= 4 is 27.5 Å². The zero-order valence-corrected chi connectivity index (χ0v) is 18.6. The number of hydrogen-bond acceptors (Lipinski definition) is 3. The molecular weight excluding hydrogens is 408 g/mol. The first-order valence-corrected chi connectivity index (χ1v) is 11.6. The Balaban J connectivity index is 1.60. The number of carbonyl (C=O) groups excluding carboxylic acids is 1. The van der Waals surface area contributed by atoms with Crippen LogP contribution < -0.4 is 4.72 Å². The van der Waals surface area contributed by atoms with E-state index in [9.17, 15) is 13.2 Å². The van der Waals surface area contributed by atoms with Gasteiger partial charge in [-0.25, -0.2) is 13.1 Å². The van der Waals surface area contributed by atoms with Crippen molar-refractivity contribution in [2.45, 2.75) is 50.0 Å². The molecule has 0 aliphatic carbocycles. The summed E-state index contributed by atoms with van der Waals surface area (Å²) in [6.07, 6.45) is 1.15. The summed E-state index contributed by atoms with van der Waals surface area (Å²) in [5.41, 5.74) is 1.61. The maximum Gasteiger partial charge on any atom is 0.253 e. The van der Waals surface area contributed by atoms with E-state index in [1.165, 1.54) is 0 Å². The molecule has 3 rings (SSSR count). The van der Waals surface area contributed by atoms with Gasteiger partial charge in [-0.15, -0.1) is 0 Å². The van der Waals surface area contributed by atoms with Gasteiger partial charge in [-0.2, -0.15) is 0 Å². The number of amides is 1. The Kier molecular flexibility index (Phi) is 6.36. The molecule has 5 nitrogen and oxygen atoms in total. The summed E-state index contributed by atoms with van der Waals surface area (Å²) < 4.78 is 28.3. The number of sulfonamides is 1. The van der Waals surface area contributed by atoms with Crippen molar-refractivity contribution in [2.24, 2.45) is 0 Å². The lowest BCUT2D eigenvalue weighted by molar-refractivity contribution is 0.0711. The third-order valence-electron chi connectivity index (χ3n) is 5.21. The van der Waals surface area contributed by atoms with E-state index in [0.717, 1.165) is 5.56 Å². The summed E-state index contributed by atoms with van der Waals surface area (Å²) in [6.45, 7) is 7.27. The number of carbonyl (C=O) groups is 1. The molecule has 1 N–H and O–H groups in total. The number of likely N-dealkylation sites (tertiary alicyclic amines) is 1. The number of halogens is 1. The summed E-state index contributed by atoms with van der Waals surface area (Å²) in [6, 6.07) is 13.7. The number of rotatable bonds is 4. The number of piperidine rings is 1. The Labute approximate surface area is 178 Å². The van der Waals surface area contributed by atoms with Gasteiger partial charge in [-0.05, 0) is 54.2 Å². The molecule has 2 aromatic rings. The average Bonchev–Trinajstić information content (AvgIpc) is 2.67. The molecule has 0 aromatic heterocycles. The molecule has 0 atom stereocenters. The minimum atomic E-state index is -3.59. The van der Waals surface area contributed by atoms with E-state index in [1.54, 1.807) is 41.3 Å². The molecule has 0 saturated carbocycles. The van der Waals surface area contributed by atoms with Crippen molar-refractivity contribution in [1.29, 1.82) is 0 Å². The van der Waals surface area contributed by atoms with E-state index in [2.05, 4.69) is 25.5 Å². The van der Waals surface area contributed by atoms with Crippen molar-refractivity contribution in [3.8, 4) is 0 Å². The van der Waals surface area contributed by atoms with Gasteiger partial charge in [-0.3, -0.25) is 4.79 Å². The van der Waals surface area contributed by atoms with Crippen molar-refractivity contribution in [2.75, 3.05) is 13.1 Å². The molecule has 1 heterocycles. The van der Waals surface area contributed by atoms with Gasteiger partial charge in [0.05, 0.1) is 4.90 Å². The van der Waals surface area contributed by atoms with Gasteiger partial charge < -0.3 is 4.90 Å². The predicted molar refractivity (Wildman–Crippen MR) is 116 cm³/mol. The maximum absolute atomic E-state index is 12.7. The quantitative estimate of drug-likeness (QED) is 0.783. The van der Waals surface area contributed by atoms with Crippen molar-refractivity contribution < 1.29 is 13.2 Å².